The van der Waals surface area contributed by atoms with E-state index >= 15 is 0 Å². The molecule has 3 saturated heterocycles. The van der Waals surface area contributed by atoms with Gasteiger partial charge >= 0.3 is 6.36 Å². The second-order valence-corrected chi connectivity index (χ2v) is 8.61. The van der Waals surface area contributed by atoms with E-state index < -0.39 is 18.3 Å². The minimum atomic E-state index is -4.91. The van der Waals surface area contributed by atoms with Crippen LogP contribution in [0.5, 0.6) is 5.75 Å². The molecule has 0 spiro atoms. The molecule has 2 aromatic heterocycles. The quantitative estimate of drug-likeness (QED) is 0.642. The number of nitrogens with two attached hydrogens (primary N) is 1. The van der Waals surface area contributed by atoms with E-state index in [1.807, 2.05) is 0 Å². The molecule has 184 valence electrons. The minimum absolute atomic E-state index is 0.168. The maximum Gasteiger partial charge on any atom is 0.573 e. The van der Waals surface area contributed by atoms with Crippen molar-refractivity contribution in [1.82, 2.24) is 19.9 Å². The number of alkyl halides is 4. The summed E-state index contributed by atoms with van der Waals surface area (Å²) in [5.74, 6) is -0.0287. The average molecular weight is 483 g/mol. The van der Waals surface area contributed by atoms with Gasteiger partial charge in [0, 0.05) is 56.6 Å². The summed E-state index contributed by atoms with van der Waals surface area (Å²) in [6.45, 7) is 5.32. The molecular formula is C21H25F4N7O2. The van der Waals surface area contributed by atoms with Crippen molar-refractivity contribution >= 4 is 17.6 Å². The third kappa shape index (κ3) is 4.94. The molecule has 13 heteroatoms. The van der Waals surface area contributed by atoms with E-state index in [1.54, 1.807) is 11.0 Å². The van der Waals surface area contributed by atoms with Gasteiger partial charge in [0.05, 0.1) is 25.5 Å². The molecule has 0 saturated carbocycles. The fourth-order valence-electron chi connectivity index (χ4n) is 4.39. The Morgan fingerprint density at radius 1 is 1.03 bits per heavy atom. The van der Waals surface area contributed by atoms with Crippen molar-refractivity contribution in [1.29, 1.82) is 0 Å². The smallest absolute Gasteiger partial charge is 0.402 e. The van der Waals surface area contributed by atoms with Crippen LogP contribution in [-0.4, -0.2) is 90.9 Å². The van der Waals surface area contributed by atoms with Crippen LogP contribution in [0.15, 0.2) is 18.3 Å². The van der Waals surface area contributed by atoms with E-state index in [1.165, 1.54) is 6.20 Å². The SMILES string of the molecule is Nc1ncc(-c2cc(N3CC(N4CCOCC4)C3)nc(N3CC[C@H](F)C3)n2)cc1OC(F)(F)F. The first-order chi connectivity index (χ1) is 16.2. The van der Waals surface area contributed by atoms with Crippen molar-refractivity contribution in [2.75, 3.05) is 68.0 Å². The highest BCUT2D eigenvalue weighted by Crippen LogP contribution is 2.34. The fraction of sp³-hybridized carbons (Fsp3) is 0.571. The third-order valence-corrected chi connectivity index (χ3v) is 6.27. The molecule has 5 rings (SSSR count). The Morgan fingerprint density at radius 2 is 1.79 bits per heavy atom. The van der Waals surface area contributed by atoms with Crippen molar-refractivity contribution in [2.45, 2.75) is 25.0 Å². The molecule has 3 aliphatic heterocycles. The van der Waals surface area contributed by atoms with Gasteiger partial charge in [0.15, 0.2) is 11.6 Å². The highest BCUT2D eigenvalue weighted by molar-refractivity contribution is 5.68. The summed E-state index contributed by atoms with van der Waals surface area (Å²) in [6.07, 6.45) is -4.17. The van der Waals surface area contributed by atoms with Gasteiger partial charge in [0.1, 0.15) is 12.0 Å². The normalized spacial score (nSPS) is 22.2. The van der Waals surface area contributed by atoms with Crippen LogP contribution < -0.4 is 20.3 Å². The van der Waals surface area contributed by atoms with Gasteiger partial charge in [-0.1, -0.05) is 0 Å². The number of hydrogen-bond donors (Lipinski definition) is 1. The summed E-state index contributed by atoms with van der Waals surface area (Å²) >= 11 is 0. The molecule has 3 fully saturated rings. The summed E-state index contributed by atoms with van der Waals surface area (Å²) < 4.78 is 61.6. The van der Waals surface area contributed by atoms with E-state index in [2.05, 4.69) is 29.5 Å². The zero-order valence-electron chi connectivity index (χ0n) is 18.3. The van der Waals surface area contributed by atoms with Crippen LogP contribution >= 0.6 is 0 Å². The van der Waals surface area contributed by atoms with Gasteiger partial charge < -0.3 is 25.0 Å². The largest absolute Gasteiger partial charge is 0.573 e. The second kappa shape index (κ2) is 9.02. The standard InChI is InChI=1S/C21H25F4N7O2/c22-14-1-2-31(10-14)20-28-16(13-7-17(19(26)27-9-13)34-21(23,24)25)8-18(29-20)32-11-15(12-32)30-3-5-33-6-4-30/h7-9,14-15H,1-6,10-12H2,(H2,26,27)/t14-/m0/s1. The molecule has 34 heavy (non-hydrogen) atoms. The zero-order valence-corrected chi connectivity index (χ0v) is 18.3. The van der Waals surface area contributed by atoms with E-state index in [9.17, 15) is 17.6 Å². The van der Waals surface area contributed by atoms with Crippen molar-refractivity contribution in [3.05, 3.63) is 18.3 Å². The Kier molecular flexibility index (Phi) is 6.06. The average Bonchev–Trinajstić information content (AvgIpc) is 3.20. The number of anilines is 3. The van der Waals surface area contributed by atoms with Gasteiger partial charge in [-0.05, 0) is 12.5 Å². The van der Waals surface area contributed by atoms with Crippen molar-refractivity contribution in [2.24, 2.45) is 0 Å². The van der Waals surface area contributed by atoms with Gasteiger partial charge in [-0.15, -0.1) is 13.2 Å². The summed E-state index contributed by atoms with van der Waals surface area (Å²) in [4.78, 5) is 19.2. The number of halogens is 4. The lowest BCUT2D eigenvalue weighted by Crippen LogP contribution is -2.61. The van der Waals surface area contributed by atoms with Gasteiger partial charge in [-0.2, -0.15) is 4.98 Å². The van der Waals surface area contributed by atoms with Gasteiger partial charge in [-0.25, -0.2) is 14.4 Å². The highest BCUT2D eigenvalue weighted by atomic mass is 19.4. The molecule has 5 heterocycles. The lowest BCUT2D eigenvalue weighted by molar-refractivity contribution is -0.274. The zero-order chi connectivity index (χ0) is 23.9. The number of pyridine rings is 1. The van der Waals surface area contributed by atoms with Crippen LogP contribution in [0.25, 0.3) is 11.3 Å². The number of hydrogen-bond acceptors (Lipinski definition) is 9. The van der Waals surface area contributed by atoms with Gasteiger partial charge in [0.25, 0.3) is 0 Å². The molecule has 1 atom stereocenters. The monoisotopic (exact) mass is 483 g/mol. The summed E-state index contributed by atoms with van der Waals surface area (Å²) in [7, 11) is 0. The Labute approximate surface area is 193 Å². The molecule has 0 aliphatic carbocycles. The van der Waals surface area contributed by atoms with Crippen LogP contribution in [0.1, 0.15) is 6.42 Å². The number of aromatic nitrogens is 3. The van der Waals surface area contributed by atoms with Crippen LogP contribution in [0.4, 0.5) is 35.1 Å². The Morgan fingerprint density at radius 3 is 2.47 bits per heavy atom. The molecular weight excluding hydrogens is 458 g/mol. The van der Waals surface area contributed by atoms with Crippen LogP contribution in [0, 0.1) is 0 Å². The first-order valence-electron chi connectivity index (χ1n) is 11.1. The predicted molar refractivity (Wildman–Crippen MR) is 116 cm³/mol. The summed E-state index contributed by atoms with van der Waals surface area (Å²) in [6, 6.07) is 3.23. The second-order valence-electron chi connectivity index (χ2n) is 8.61. The third-order valence-electron chi connectivity index (χ3n) is 6.27. The number of nitrogens with zero attached hydrogens (tertiary/aromatic N) is 6. The number of morpholine rings is 1. The van der Waals surface area contributed by atoms with Gasteiger partial charge in [0.2, 0.25) is 5.95 Å². The molecule has 9 nitrogen and oxygen atoms in total. The molecule has 0 radical (unpaired) electrons. The molecule has 0 bridgehead atoms. The van der Waals surface area contributed by atoms with Crippen molar-refractivity contribution < 1.29 is 27.0 Å². The number of rotatable bonds is 5. The Bertz CT molecular complexity index is 1030. The minimum Gasteiger partial charge on any atom is -0.402 e. The predicted octanol–water partition coefficient (Wildman–Crippen LogP) is 2.09. The topological polar surface area (TPSA) is 92.9 Å². The summed E-state index contributed by atoms with van der Waals surface area (Å²) in [5, 5.41) is 0. The maximum atomic E-state index is 13.9. The van der Waals surface area contributed by atoms with Gasteiger partial charge in [-0.3, -0.25) is 4.90 Å². The van der Waals surface area contributed by atoms with E-state index in [-0.39, 0.29) is 12.4 Å². The molecule has 0 aromatic carbocycles. The van der Waals surface area contributed by atoms with E-state index in [0.717, 1.165) is 32.2 Å². The fourth-order valence-corrected chi connectivity index (χ4v) is 4.39. The van der Waals surface area contributed by atoms with Crippen LogP contribution in [0.2, 0.25) is 0 Å². The molecule has 0 unspecified atom stereocenters. The Balaban J connectivity index is 1.43. The first-order valence-corrected chi connectivity index (χ1v) is 11.1. The highest BCUT2D eigenvalue weighted by Gasteiger charge is 2.35. The molecule has 2 aromatic rings. The molecule has 2 N–H and O–H groups in total. The summed E-state index contributed by atoms with van der Waals surface area (Å²) in [5.41, 5.74) is 6.22. The number of nitrogen functional groups attached to an aromatic ring is 1. The lowest BCUT2D eigenvalue weighted by Gasteiger charge is -2.47. The van der Waals surface area contributed by atoms with E-state index in [0.29, 0.717) is 55.2 Å². The van der Waals surface area contributed by atoms with Crippen LogP contribution in [-0.2, 0) is 4.74 Å². The lowest BCUT2D eigenvalue weighted by atomic mass is 10.1. The maximum absolute atomic E-state index is 13.9. The molecule has 3 aliphatic rings. The van der Waals surface area contributed by atoms with Crippen LogP contribution in [0.3, 0.4) is 0 Å². The van der Waals surface area contributed by atoms with E-state index in [4.69, 9.17) is 10.5 Å². The Hall–Kier alpha value is -2.93. The first kappa shape index (κ1) is 22.8. The molecule has 0 amide bonds. The van der Waals surface area contributed by atoms with Crippen molar-refractivity contribution in [3.8, 4) is 17.0 Å². The van der Waals surface area contributed by atoms with Crippen molar-refractivity contribution in [3.63, 3.8) is 0 Å². The number of ether oxygens (including phenoxy) is 2.